The first kappa shape index (κ1) is 18.7. The van der Waals surface area contributed by atoms with Gasteiger partial charge in [0.1, 0.15) is 17.2 Å². The van der Waals surface area contributed by atoms with Gasteiger partial charge in [-0.1, -0.05) is 17.7 Å². The van der Waals surface area contributed by atoms with Crippen molar-refractivity contribution < 1.29 is 22.4 Å². The monoisotopic (exact) mass is 393 g/mol. The van der Waals surface area contributed by atoms with Crippen molar-refractivity contribution in [3.63, 3.8) is 0 Å². The van der Waals surface area contributed by atoms with Crippen LogP contribution in [0.5, 0.6) is 0 Å². The Balaban J connectivity index is 1.73. The Labute approximate surface area is 156 Å². The summed E-state index contributed by atoms with van der Waals surface area (Å²) in [6.07, 6.45) is -1.87. The van der Waals surface area contributed by atoms with Gasteiger partial charge in [-0.05, 0) is 42.5 Å². The van der Waals surface area contributed by atoms with E-state index in [-0.39, 0.29) is 22.8 Å². The molecule has 138 valence electrons. The molecule has 1 aromatic carbocycles. The molecule has 0 atom stereocenters. The van der Waals surface area contributed by atoms with Crippen molar-refractivity contribution in [3.05, 3.63) is 76.8 Å². The summed E-state index contributed by atoms with van der Waals surface area (Å²) in [6.45, 7) is 0. The number of hydrazone groups is 1. The smallest absolute Gasteiger partial charge is 0.417 e. The SMILES string of the molecule is O=C(N/N=C\c1ccc(-c2ccc(Cl)c(C(F)(F)F)c2)o1)c1ccccn1. The summed E-state index contributed by atoms with van der Waals surface area (Å²) in [5, 5.41) is 3.34. The molecule has 0 unspecified atom stereocenters. The number of hydrogen-bond acceptors (Lipinski definition) is 4. The van der Waals surface area contributed by atoms with Crippen molar-refractivity contribution in [1.29, 1.82) is 0 Å². The molecular weight excluding hydrogens is 383 g/mol. The van der Waals surface area contributed by atoms with Crippen LogP contribution in [0.15, 0.2) is 64.2 Å². The van der Waals surface area contributed by atoms with Crippen LogP contribution in [0.2, 0.25) is 5.02 Å². The van der Waals surface area contributed by atoms with Gasteiger partial charge < -0.3 is 4.42 Å². The first-order chi connectivity index (χ1) is 12.8. The number of rotatable bonds is 4. The number of halogens is 4. The van der Waals surface area contributed by atoms with E-state index < -0.39 is 22.7 Å². The number of nitrogens with zero attached hydrogens (tertiary/aromatic N) is 2. The number of aromatic nitrogens is 1. The molecule has 1 amide bonds. The van der Waals surface area contributed by atoms with Gasteiger partial charge >= 0.3 is 6.18 Å². The molecule has 2 heterocycles. The molecule has 9 heteroatoms. The summed E-state index contributed by atoms with van der Waals surface area (Å²) in [5.74, 6) is -0.0596. The van der Waals surface area contributed by atoms with Crippen LogP contribution in [0.4, 0.5) is 13.2 Å². The molecule has 27 heavy (non-hydrogen) atoms. The quantitative estimate of drug-likeness (QED) is 0.512. The van der Waals surface area contributed by atoms with Crippen LogP contribution in [0, 0.1) is 0 Å². The Morgan fingerprint density at radius 2 is 2.00 bits per heavy atom. The van der Waals surface area contributed by atoms with Gasteiger partial charge in [0.25, 0.3) is 5.91 Å². The topological polar surface area (TPSA) is 67.5 Å². The van der Waals surface area contributed by atoms with Crippen molar-refractivity contribution in [2.45, 2.75) is 6.18 Å². The average molecular weight is 394 g/mol. The molecule has 0 bridgehead atoms. The molecule has 0 aliphatic rings. The third-order valence-electron chi connectivity index (χ3n) is 3.44. The summed E-state index contributed by atoms with van der Waals surface area (Å²) in [7, 11) is 0. The van der Waals surface area contributed by atoms with E-state index in [9.17, 15) is 18.0 Å². The summed E-state index contributed by atoms with van der Waals surface area (Å²) >= 11 is 5.61. The number of alkyl halides is 3. The van der Waals surface area contributed by atoms with E-state index in [1.54, 1.807) is 12.1 Å². The molecule has 2 aromatic heterocycles. The summed E-state index contributed by atoms with van der Waals surface area (Å²) in [6, 6.07) is 11.3. The van der Waals surface area contributed by atoms with Gasteiger partial charge in [0, 0.05) is 11.8 Å². The number of nitrogens with one attached hydrogen (secondary N) is 1. The molecule has 3 rings (SSSR count). The van der Waals surface area contributed by atoms with Gasteiger partial charge in [-0.25, -0.2) is 5.43 Å². The Bertz CT molecular complexity index is 985. The van der Waals surface area contributed by atoms with E-state index in [1.807, 2.05) is 0 Å². The number of furan rings is 1. The normalized spacial score (nSPS) is 11.7. The third kappa shape index (κ3) is 4.53. The lowest BCUT2D eigenvalue weighted by atomic mass is 10.1. The van der Waals surface area contributed by atoms with Gasteiger partial charge in [-0.15, -0.1) is 0 Å². The fourth-order valence-corrected chi connectivity index (χ4v) is 2.41. The lowest BCUT2D eigenvalue weighted by Gasteiger charge is -2.09. The highest BCUT2D eigenvalue weighted by Crippen LogP contribution is 2.37. The Morgan fingerprint density at radius 3 is 2.70 bits per heavy atom. The second kappa shape index (κ2) is 7.63. The van der Waals surface area contributed by atoms with Crippen LogP contribution in [0.1, 0.15) is 21.8 Å². The molecule has 0 spiro atoms. The van der Waals surface area contributed by atoms with Crippen molar-refractivity contribution in [2.75, 3.05) is 0 Å². The molecule has 3 aromatic rings. The Morgan fingerprint density at radius 1 is 1.19 bits per heavy atom. The standard InChI is InChI=1S/C18H11ClF3N3O2/c19-14-6-4-11(9-13(14)18(20,21)22)16-7-5-12(27-16)10-24-25-17(26)15-3-1-2-8-23-15/h1-10H,(H,25,26)/b24-10-. The molecule has 0 saturated heterocycles. The zero-order chi connectivity index (χ0) is 19.4. The van der Waals surface area contributed by atoms with E-state index in [2.05, 4.69) is 15.5 Å². The van der Waals surface area contributed by atoms with E-state index in [0.29, 0.717) is 0 Å². The van der Waals surface area contributed by atoms with Crippen LogP contribution in [0.3, 0.4) is 0 Å². The van der Waals surface area contributed by atoms with Crippen molar-refractivity contribution >= 4 is 23.7 Å². The van der Waals surface area contributed by atoms with Crippen molar-refractivity contribution in [3.8, 4) is 11.3 Å². The first-order valence-electron chi connectivity index (χ1n) is 7.56. The zero-order valence-electron chi connectivity index (χ0n) is 13.5. The molecule has 1 N–H and O–H groups in total. The van der Waals surface area contributed by atoms with E-state index in [0.717, 1.165) is 12.1 Å². The third-order valence-corrected chi connectivity index (χ3v) is 3.77. The number of benzene rings is 1. The van der Waals surface area contributed by atoms with Gasteiger partial charge in [-0.3, -0.25) is 9.78 Å². The van der Waals surface area contributed by atoms with Crippen LogP contribution in [-0.2, 0) is 6.18 Å². The maximum absolute atomic E-state index is 13.0. The summed E-state index contributed by atoms with van der Waals surface area (Å²) in [4.78, 5) is 15.7. The minimum absolute atomic E-state index is 0.190. The lowest BCUT2D eigenvalue weighted by molar-refractivity contribution is -0.137. The van der Waals surface area contributed by atoms with E-state index in [4.69, 9.17) is 16.0 Å². The predicted octanol–water partition coefficient (Wildman–Crippen LogP) is 4.78. The minimum Gasteiger partial charge on any atom is -0.455 e. The number of carbonyl (C=O) groups is 1. The van der Waals surface area contributed by atoms with E-state index >= 15 is 0 Å². The van der Waals surface area contributed by atoms with Crippen LogP contribution < -0.4 is 5.43 Å². The molecule has 0 saturated carbocycles. The first-order valence-corrected chi connectivity index (χ1v) is 7.94. The van der Waals surface area contributed by atoms with Crippen LogP contribution in [0.25, 0.3) is 11.3 Å². The predicted molar refractivity (Wildman–Crippen MR) is 93.5 cm³/mol. The fraction of sp³-hybridized carbons (Fsp3) is 0.0556. The number of hydrogen-bond donors (Lipinski definition) is 1. The number of carbonyl (C=O) groups excluding carboxylic acids is 1. The fourth-order valence-electron chi connectivity index (χ4n) is 2.18. The molecular formula is C18H11ClF3N3O2. The second-order valence-corrected chi connectivity index (χ2v) is 5.72. The molecule has 0 aliphatic carbocycles. The molecule has 0 fully saturated rings. The highest BCUT2D eigenvalue weighted by Gasteiger charge is 2.33. The largest absolute Gasteiger partial charge is 0.455 e. The van der Waals surface area contributed by atoms with Crippen molar-refractivity contribution in [1.82, 2.24) is 10.4 Å². The van der Waals surface area contributed by atoms with Crippen LogP contribution >= 0.6 is 11.6 Å². The average Bonchev–Trinajstić information content (AvgIpc) is 3.10. The highest BCUT2D eigenvalue weighted by atomic mass is 35.5. The van der Waals surface area contributed by atoms with Gasteiger partial charge in [0.2, 0.25) is 0 Å². The lowest BCUT2D eigenvalue weighted by Crippen LogP contribution is -2.18. The molecule has 0 radical (unpaired) electrons. The van der Waals surface area contributed by atoms with Gasteiger partial charge in [0.05, 0.1) is 16.8 Å². The number of pyridine rings is 1. The maximum Gasteiger partial charge on any atom is 0.417 e. The Hall–Kier alpha value is -3.13. The second-order valence-electron chi connectivity index (χ2n) is 5.31. The molecule has 0 aliphatic heterocycles. The Kier molecular flexibility index (Phi) is 5.27. The van der Waals surface area contributed by atoms with E-state index in [1.165, 1.54) is 36.7 Å². The van der Waals surface area contributed by atoms with Crippen molar-refractivity contribution in [2.24, 2.45) is 5.10 Å². The zero-order valence-corrected chi connectivity index (χ0v) is 14.3. The maximum atomic E-state index is 13.0. The highest BCUT2D eigenvalue weighted by molar-refractivity contribution is 6.31. The minimum atomic E-state index is -4.57. The van der Waals surface area contributed by atoms with Gasteiger partial charge in [-0.2, -0.15) is 18.3 Å². The molecule has 5 nitrogen and oxygen atoms in total. The van der Waals surface area contributed by atoms with Crippen LogP contribution in [-0.4, -0.2) is 17.1 Å². The van der Waals surface area contributed by atoms with Gasteiger partial charge in [0.15, 0.2) is 0 Å². The summed E-state index contributed by atoms with van der Waals surface area (Å²) in [5.41, 5.74) is 1.73. The summed E-state index contributed by atoms with van der Waals surface area (Å²) < 4.78 is 44.3. The number of amides is 1.